The number of hydrogen-bond donors (Lipinski definition) is 0. The molecule has 0 aliphatic heterocycles. The van der Waals surface area contributed by atoms with Gasteiger partial charge in [-0.15, -0.1) is 0 Å². The molecule has 0 spiro atoms. The van der Waals surface area contributed by atoms with Crippen LogP contribution in [0.2, 0.25) is 0 Å². The molecule has 0 aliphatic rings. The van der Waals surface area contributed by atoms with Gasteiger partial charge < -0.3 is 46.6 Å². The summed E-state index contributed by atoms with van der Waals surface area (Å²) in [5.41, 5.74) is 0. The van der Waals surface area contributed by atoms with E-state index < -0.39 is 0 Å². The molecular weight excluding hydrogens is 266 g/mol. The van der Waals surface area contributed by atoms with Gasteiger partial charge in [0.25, 0.3) is 0 Å². The maximum absolute atomic E-state index is 0. The standard InChI is InChI=1S/3ClH.2FH.Sb/h5*1H;/q;;;;;+3/p-5. The van der Waals surface area contributed by atoms with Crippen molar-refractivity contribution in [2.24, 2.45) is 0 Å². The van der Waals surface area contributed by atoms with Crippen molar-refractivity contribution in [3.63, 3.8) is 0 Å². The Morgan fingerprint density at radius 1 is 0.500 bits per heavy atom. The molecule has 2 radical (unpaired) electrons. The minimum atomic E-state index is 0. The molecule has 6 heteroatoms. The molecule has 0 aliphatic carbocycles. The van der Waals surface area contributed by atoms with Crippen molar-refractivity contribution in [2.75, 3.05) is 0 Å². The molecule has 0 saturated heterocycles. The molecule has 0 amide bonds. The summed E-state index contributed by atoms with van der Waals surface area (Å²) in [5, 5.41) is 0. The Morgan fingerprint density at radius 3 is 0.500 bits per heavy atom. The molecule has 0 heterocycles. The van der Waals surface area contributed by atoms with Crippen LogP contribution in [-0.4, -0.2) is 24.4 Å². The van der Waals surface area contributed by atoms with Crippen molar-refractivity contribution in [2.45, 2.75) is 0 Å². The molecule has 0 nitrogen and oxygen atoms in total. The monoisotopic (exact) mass is 264 g/mol. The zero-order valence-corrected chi connectivity index (χ0v) is 7.16. The summed E-state index contributed by atoms with van der Waals surface area (Å²) in [6.45, 7) is 0. The first kappa shape index (κ1) is 135. The molecule has 0 fully saturated rings. The molecule has 42 valence electrons. The van der Waals surface area contributed by atoms with Gasteiger partial charge in [0.05, 0.1) is 0 Å². The average molecular weight is 266 g/mol. The molecule has 0 bridgehead atoms. The Bertz CT molecular complexity index is 8.75. The molecule has 0 aromatic rings. The van der Waals surface area contributed by atoms with E-state index in [2.05, 4.69) is 0 Å². The summed E-state index contributed by atoms with van der Waals surface area (Å²) in [6.07, 6.45) is 0. The molecule has 0 atom stereocenters. The van der Waals surface area contributed by atoms with Crippen molar-refractivity contribution < 1.29 is 46.6 Å². The van der Waals surface area contributed by atoms with E-state index in [-0.39, 0.29) is 71.1 Å². The summed E-state index contributed by atoms with van der Waals surface area (Å²) >= 11 is 0. The zero-order chi connectivity index (χ0) is 0. The minimum absolute atomic E-state index is 0. The maximum Gasteiger partial charge on any atom is 3.00 e. The van der Waals surface area contributed by atoms with Crippen molar-refractivity contribution in [1.29, 1.82) is 0 Å². The smallest absolute Gasteiger partial charge is 1.00 e. The van der Waals surface area contributed by atoms with E-state index in [0.717, 1.165) is 0 Å². The fourth-order valence-electron chi connectivity index (χ4n) is 0. The van der Waals surface area contributed by atoms with Gasteiger partial charge in [0.2, 0.25) is 0 Å². The van der Waals surface area contributed by atoms with Gasteiger partial charge in [-0.25, -0.2) is 0 Å². The summed E-state index contributed by atoms with van der Waals surface area (Å²) in [4.78, 5) is 0. The number of halogens is 5. The third kappa shape index (κ3) is 47.9. The van der Waals surface area contributed by atoms with Crippen molar-refractivity contribution in [1.82, 2.24) is 0 Å². The topological polar surface area (TPSA) is 0 Å². The van der Waals surface area contributed by atoms with Crippen LogP contribution in [0.25, 0.3) is 0 Å². The van der Waals surface area contributed by atoms with Crippen LogP contribution in [0.15, 0.2) is 0 Å². The third-order valence-electron chi connectivity index (χ3n) is 0. The van der Waals surface area contributed by atoms with E-state index >= 15 is 0 Å². The fraction of sp³-hybridized carbons (Fsp3) is 0. The van der Waals surface area contributed by atoms with Gasteiger partial charge in [-0.1, -0.05) is 0 Å². The number of hydrogen-bond acceptors (Lipinski definition) is 0. The second-order valence-electron chi connectivity index (χ2n) is 0. The van der Waals surface area contributed by atoms with Gasteiger partial charge in [0.15, 0.2) is 0 Å². The Balaban J connectivity index is 0. The van der Waals surface area contributed by atoms with Gasteiger partial charge in [-0.2, -0.15) is 0 Å². The predicted octanol–water partition coefficient (Wildman–Crippen LogP) is -15.4. The van der Waals surface area contributed by atoms with Gasteiger partial charge in [-0.05, 0) is 0 Å². The molecule has 0 saturated carbocycles. The second kappa shape index (κ2) is 84.1. The zero-order valence-electron chi connectivity index (χ0n) is 2.34. The van der Waals surface area contributed by atoms with Crippen LogP contribution >= 0.6 is 0 Å². The van der Waals surface area contributed by atoms with Gasteiger partial charge in [0.1, 0.15) is 0 Å². The van der Waals surface area contributed by atoms with Crippen LogP contribution in [0.1, 0.15) is 0 Å². The summed E-state index contributed by atoms with van der Waals surface area (Å²) < 4.78 is 0. The molecule has 0 aromatic heterocycles. The molecule has 0 N–H and O–H groups in total. The minimum Gasteiger partial charge on any atom is -1.00 e. The quantitative estimate of drug-likeness (QED) is 0.382. The average Bonchev–Trinajstić information content (AvgIpc) is 0. The van der Waals surface area contributed by atoms with Crippen LogP contribution in [0.3, 0.4) is 0 Å². The Hall–Kier alpha value is 1.55. The number of rotatable bonds is 0. The summed E-state index contributed by atoms with van der Waals surface area (Å²) in [5.74, 6) is 0. The molecular formula is Cl3F2Sb-2. The maximum atomic E-state index is 0. The van der Waals surface area contributed by atoms with Gasteiger partial charge in [0, 0.05) is 0 Å². The van der Waals surface area contributed by atoms with Crippen LogP contribution in [-0.2, 0) is 0 Å². The molecule has 0 aromatic carbocycles. The SMILES string of the molecule is [Cl-].[Cl-].[Cl-].[F-].[F-].[Sb+3]. The first-order valence-corrected chi connectivity index (χ1v) is 0. The van der Waals surface area contributed by atoms with Crippen LogP contribution in [0.5, 0.6) is 0 Å². The van der Waals surface area contributed by atoms with Crippen molar-refractivity contribution in [3.8, 4) is 0 Å². The van der Waals surface area contributed by atoms with E-state index in [0.29, 0.717) is 0 Å². The van der Waals surface area contributed by atoms with E-state index in [1.165, 1.54) is 0 Å². The van der Waals surface area contributed by atoms with Gasteiger partial charge in [-0.3, -0.25) is 0 Å². The molecule has 0 rings (SSSR count). The largest absolute Gasteiger partial charge is 3.00 e. The van der Waals surface area contributed by atoms with E-state index in [1.54, 1.807) is 0 Å². The van der Waals surface area contributed by atoms with E-state index in [4.69, 9.17) is 0 Å². The predicted molar refractivity (Wildman–Crippen MR) is 5.75 cm³/mol. The molecule has 6 heavy (non-hydrogen) atoms. The van der Waals surface area contributed by atoms with Gasteiger partial charge >= 0.3 is 24.4 Å². The third-order valence-corrected chi connectivity index (χ3v) is 0. The normalized spacial score (nSPS) is 0. The summed E-state index contributed by atoms with van der Waals surface area (Å²) in [6, 6.07) is 0. The fourth-order valence-corrected chi connectivity index (χ4v) is 0. The first-order chi connectivity index (χ1) is 0. The second-order valence-corrected chi connectivity index (χ2v) is 0. The van der Waals surface area contributed by atoms with Crippen molar-refractivity contribution in [3.05, 3.63) is 0 Å². The van der Waals surface area contributed by atoms with Crippen LogP contribution < -0.4 is 46.6 Å². The van der Waals surface area contributed by atoms with E-state index in [9.17, 15) is 0 Å². The first-order valence-electron chi connectivity index (χ1n) is 0. The Kier molecular flexibility index (Phi) is 1890. The summed E-state index contributed by atoms with van der Waals surface area (Å²) in [7, 11) is 0. The molecule has 0 unspecified atom stereocenters. The van der Waals surface area contributed by atoms with E-state index in [1.807, 2.05) is 0 Å². The Morgan fingerprint density at radius 2 is 0.500 bits per heavy atom. The Labute approximate surface area is 70.9 Å². The van der Waals surface area contributed by atoms with Crippen LogP contribution in [0.4, 0.5) is 0 Å². The van der Waals surface area contributed by atoms with Crippen LogP contribution in [0, 0.1) is 0 Å². The van der Waals surface area contributed by atoms with Crippen molar-refractivity contribution >= 4 is 24.4 Å².